The van der Waals surface area contributed by atoms with Gasteiger partial charge in [0, 0.05) is 0 Å². The molecule has 1 N–H and O–H groups in total. The molecule has 3 nitrogen and oxygen atoms in total. The molecule has 0 amide bonds. The van der Waals surface area contributed by atoms with Gasteiger partial charge in [-0.25, -0.2) is 8.42 Å². The van der Waals surface area contributed by atoms with Crippen molar-refractivity contribution in [2.75, 3.05) is 6.54 Å². The van der Waals surface area contributed by atoms with E-state index in [4.69, 9.17) is 0 Å². The van der Waals surface area contributed by atoms with Crippen LogP contribution in [-0.2, 0) is 9.84 Å². The third-order valence-corrected chi connectivity index (χ3v) is 5.37. The molecule has 1 heterocycles. The van der Waals surface area contributed by atoms with Gasteiger partial charge in [-0.15, -0.1) is 0 Å². The minimum atomic E-state index is -3.13. The van der Waals surface area contributed by atoms with Gasteiger partial charge in [0.2, 0.25) is 0 Å². The maximum absolute atomic E-state index is 12.1. The van der Waals surface area contributed by atoms with Gasteiger partial charge in [0.05, 0.1) is 16.2 Å². The summed E-state index contributed by atoms with van der Waals surface area (Å²) in [7, 11) is -3.13. The van der Waals surface area contributed by atoms with Gasteiger partial charge in [-0.1, -0.05) is 25.1 Å². The smallest absolute Gasteiger partial charge is 0.183 e. The van der Waals surface area contributed by atoms with Crippen LogP contribution in [0.25, 0.3) is 0 Å². The molecule has 0 fully saturated rings. The molecule has 0 aromatic heterocycles. The fourth-order valence-electron chi connectivity index (χ4n) is 2.20. The molecule has 88 valence electrons. The Labute approximate surface area is 96.8 Å². The molecule has 1 aliphatic heterocycles. The van der Waals surface area contributed by atoms with Crippen molar-refractivity contribution in [3.8, 4) is 0 Å². The van der Waals surface area contributed by atoms with Gasteiger partial charge in [-0.3, -0.25) is 0 Å². The highest BCUT2D eigenvalue weighted by Crippen LogP contribution is 2.38. The first-order chi connectivity index (χ1) is 7.59. The maximum Gasteiger partial charge on any atom is 0.183 e. The maximum atomic E-state index is 12.1. The lowest BCUT2D eigenvalue weighted by atomic mass is 10.0. The summed E-state index contributed by atoms with van der Waals surface area (Å²) in [5.74, 6) is 0. The van der Waals surface area contributed by atoms with E-state index < -0.39 is 9.84 Å². The molecule has 0 bridgehead atoms. The molecule has 2 atom stereocenters. The molecule has 0 saturated carbocycles. The van der Waals surface area contributed by atoms with Crippen LogP contribution in [0.4, 0.5) is 0 Å². The van der Waals surface area contributed by atoms with Crippen molar-refractivity contribution < 1.29 is 8.42 Å². The highest BCUT2D eigenvalue weighted by molar-refractivity contribution is 7.92. The molecule has 16 heavy (non-hydrogen) atoms. The van der Waals surface area contributed by atoms with Crippen molar-refractivity contribution in [3.63, 3.8) is 0 Å². The molecule has 0 spiro atoms. The molecule has 0 aliphatic carbocycles. The highest BCUT2D eigenvalue weighted by atomic mass is 32.2. The summed E-state index contributed by atoms with van der Waals surface area (Å²) in [5.41, 5.74) is 0.920. The molecule has 0 radical (unpaired) electrons. The minimum absolute atomic E-state index is 0.0545. The Morgan fingerprint density at radius 1 is 1.31 bits per heavy atom. The van der Waals surface area contributed by atoms with Gasteiger partial charge in [0.1, 0.15) is 0 Å². The SMILES string of the molecule is CCCNC1c2ccccc2S(=O)(=O)C1C. The summed E-state index contributed by atoms with van der Waals surface area (Å²) in [6.45, 7) is 4.70. The second kappa shape index (κ2) is 4.18. The first-order valence-corrected chi connectivity index (χ1v) is 7.20. The number of nitrogens with one attached hydrogen (secondary N) is 1. The minimum Gasteiger partial charge on any atom is -0.309 e. The summed E-state index contributed by atoms with van der Waals surface area (Å²) < 4.78 is 24.2. The van der Waals surface area contributed by atoms with Crippen molar-refractivity contribution in [2.24, 2.45) is 0 Å². The van der Waals surface area contributed by atoms with Crippen LogP contribution in [0.5, 0.6) is 0 Å². The Balaban J connectivity index is 2.44. The van der Waals surface area contributed by atoms with E-state index in [1.54, 1.807) is 19.1 Å². The van der Waals surface area contributed by atoms with E-state index in [-0.39, 0.29) is 11.3 Å². The fraction of sp³-hybridized carbons (Fsp3) is 0.500. The van der Waals surface area contributed by atoms with Crippen LogP contribution in [-0.4, -0.2) is 20.2 Å². The van der Waals surface area contributed by atoms with Crippen LogP contribution in [0.15, 0.2) is 29.2 Å². The van der Waals surface area contributed by atoms with Crippen molar-refractivity contribution in [1.29, 1.82) is 0 Å². The molecule has 2 rings (SSSR count). The molecule has 1 aromatic carbocycles. The Morgan fingerprint density at radius 2 is 2.00 bits per heavy atom. The van der Waals surface area contributed by atoms with Gasteiger partial charge < -0.3 is 5.32 Å². The molecule has 0 saturated heterocycles. The van der Waals surface area contributed by atoms with E-state index in [9.17, 15) is 8.42 Å². The summed E-state index contributed by atoms with van der Waals surface area (Å²) >= 11 is 0. The average Bonchev–Trinajstić information content (AvgIpc) is 2.47. The van der Waals surface area contributed by atoms with E-state index in [0.29, 0.717) is 4.90 Å². The van der Waals surface area contributed by atoms with Crippen molar-refractivity contribution in [3.05, 3.63) is 29.8 Å². The summed E-state index contributed by atoms with van der Waals surface area (Å²) in [4.78, 5) is 0.496. The Kier molecular flexibility index (Phi) is 3.04. The topological polar surface area (TPSA) is 46.2 Å². The van der Waals surface area contributed by atoms with E-state index in [1.165, 1.54) is 0 Å². The van der Waals surface area contributed by atoms with E-state index >= 15 is 0 Å². The third-order valence-electron chi connectivity index (χ3n) is 3.13. The summed E-state index contributed by atoms with van der Waals surface area (Å²) in [5, 5.41) is 2.95. The van der Waals surface area contributed by atoms with Gasteiger partial charge in [-0.2, -0.15) is 0 Å². The van der Waals surface area contributed by atoms with Crippen LogP contribution >= 0.6 is 0 Å². The summed E-state index contributed by atoms with van der Waals surface area (Å²) in [6.07, 6.45) is 1.01. The zero-order valence-electron chi connectivity index (χ0n) is 9.60. The van der Waals surface area contributed by atoms with E-state index in [2.05, 4.69) is 12.2 Å². The molecule has 4 heteroatoms. The van der Waals surface area contributed by atoms with Gasteiger partial charge >= 0.3 is 0 Å². The molecular weight excluding hydrogens is 222 g/mol. The zero-order valence-corrected chi connectivity index (χ0v) is 10.4. The van der Waals surface area contributed by atoms with Crippen LogP contribution in [0.2, 0.25) is 0 Å². The Morgan fingerprint density at radius 3 is 2.69 bits per heavy atom. The lowest BCUT2D eigenvalue weighted by molar-refractivity contribution is 0.515. The molecular formula is C12H17NO2S. The quantitative estimate of drug-likeness (QED) is 0.876. The standard InChI is InChI=1S/C12H17NO2S/c1-3-8-13-12-9(2)16(14,15)11-7-5-4-6-10(11)12/h4-7,9,12-13H,3,8H2,1-2H3. The van der Waals surface area contributed by atoms with E-state index in [0.717, 1.165) is 18.5 Å². The predicted octanol–water partition coefficient (Wildman–Crippen LogP) is 1.90. The number of rotatable bonds is 3. The van der Waals surface area contributed by atoms with Gasteiger partial charge in [0.25, 0.3) is 0 Å². The van der Waals surface area contributed by atoms with Crippen molar-refractivity contribution in [2.45, 2.75) is 36.5 Å². The normalized spacial score (nSPS) is 26.6. The van der Waals surface area contributed by atoms with Gasteiger partial charge in [-0.05, 0) is 31.5 Å². The largest absolute Gasteiger partial charge is 0.309 e. The van der Waals surface area contributed by atoms with Crippen LogP contribution in [0.1, 0.15) is 31.9 Å². The molecule has 1 aromatic rings. The lowest BCUT2D eigenvalue weighted by Gasteiger charge is -2.16. The van der Waals surface area contributed by atoms with Crippen molar-refractivity contribution >= 4 is 9.84 Å². The first-order valence-electron chi connectivity index (χ1n) is 5.65. The predicted molar refractivity (Wildman–Crippen MR) is 64.1 cm³/mol. The lowest BCUT2D eigenvalue weighted by Crippen LogP contribution is -2.29. The van der Waals surface area contributed by atoms with Crippen LogP contribution < -0.4 is 5.32 Å². The third kappa shape index (κ3) is 1.66. The summed E-state index contributed by atoms with van der Waals surface area (Å²) in [6, 6.07) is 7.23. The van der Waals surface area contributed by atoms with Crippen molar-refractivity contribution in [1.82, 2.24) is 5.32 Å². The fourth-order valence-corrected chi connectivity index (χ4v) is 4.00. The molecule has 2 unspecified atom stereocenters. The zero-order chi connectivity index (χ0) is 11.8. The number of fused-ring (bicyclic) bond motifs is 1. The van der Waals surface area contributed by atoms with Gasteiger partial charge in [0.15, 0.2) is 9.84 Å². The Hall–Kier alpha value is -0.870. The number of hydrogen-bond donors (Lipinski definition) is 1. The highest BCUT2D eigenvalue weighted by Gasteiger charge is 2.41. The van der Waals surface area contributed by atoms with E-state index in [1.807, 2.05) is 12.1 Å². The second-order valence-corrected chi connectivity index (χ2v) is 6.49. The number of sulfone groups is 1. The molecule has 1 aliphatic rings. The second-order valence-electron chi connectivity index (χ2n) is 4.22. The first kappa shape index (κ1) is 11.6. The Bertz CT molecular complexity index is 482. The number of benzene rings is 1. The van der Waals surface area contributed by atoms with Crippen LogP contribution in [0, 0.1) is 0 Å². The average molecular weight is 239 g/mol. The monoisotopic (exact) mass is 239 g/mol. The van der Waals surface area contributed by atoms with Crippen LogP contribution in [0.3, 0.4) is 0 Å². The number of hydrogen-bond acceptors (Lipinski definition) is 3.